The Morgan fingerprint density at radius 2 is 2.20 bits per heavy atom. The van der Waals surface area contributed by atoms with Crippen molar-refractivity contribution in [1.29, 1.82) is 0 Å². The van der Waals surface area contributed by atoms with Gasteiger partial charge in [-0.1, -0.05) is 23.7 Å². The molecule has 3 nitrogen and oxygen atoms in total. The Morgan fingerprint density at radius 1 is 1.35 bits per heavy atom. The van der Waals surface area contributed by atoms with Crippen LogP contribution in [-0.2, 0) is 11.3 Å². The molecule has 0 saturated carbocycles. The molecule has 102 valence electrons. The molecule has 0 aliphatic heterocycles. The Balaban J connectivity index is 1.96. The van der Waals surface area contributed by atoms with Gasteiger partial charge in [0.2, 0.25) is 5.91 Å². The second kappa shape index (κ2) is 6.82. The summed E-state index contributed by atoms with van der Waals surface area (Å²) < 4.78 is 13.5. The van der Waals surface area contributed by atoms with Crippen molar-refractivity contribution in [2.45, 2.75) is 6.54 Å². The van der Waals surface area contributed by atoms with Crippen LogP contribution in [0.15, 0.2) is 48.8 Å². The van der Waals surface area contributed by atoms with Gasteiger partial charge in [-0.05, 0) is 29.8 Å². The Bertz CT molecular complexity index is 609. The molecule has 1 amide bonds. The van der Waals surface area contributed by atoms with E-state index < -0.39 is 5.82 Å². The smallest absolute Gasteiger partial charge is 0.244 e. The van der Waals surface area contributed by atoms with Gasteiger partial charge in [-0.25, -0.2) is 4.39 Å². The molecular formula is C15H12ClFN2O. The molecule has 0 unspecified atom stereocenters. The maximum atomic E-state index is 13.5. The van der Waals surface area contributed by atoms with E-state index in [2.05, 4.69) is 10.3 Å². The van der Waals surface area contributed by atoms with Gasteiger partial charge < -0.3 is 5.32 Å². The van der Waals surface area contributed by atoms with E-state index in [-0.39, 0.29) is 16.5 Å². The Kier molecular flexibility index (Phi) is 4.85. The summed E-state index contributed by atoms with van der Waals surface area (Å²) in [6.45, 7) is 0.363. The summed E-state index contributed by atoms with van der Waals surface area (Å²) in [5.41, 5.74) is 1.09. The van der Waals surface area contributed by atoms with E-state index >= 15 is 0 Å². The standard InChI is InChI=1S/C15H12ClFN2O/c16-13-4-1-5-14(17)12(13)6-7-15(20)19-10-11-3-2-8-18-9-11/h1-9H,10H2,(H,19,20)/b7-6+. The number of nitrogens with one attached hydrogen (secondary N) is 1. The zero-order valence-corrected chi connectivity index (χ0v) is 11.3. The van der Waals surface area contributed by atoms with Crippen LogP contribution in [0.3, 0.4) is 0 Å². The van der Waals surface area contributed by atoms with Gasteiger partial charge in [0.05, 0.1) is 5.02 Å². The second-order valence-corrected chi connectivity index (χ2v) is 4.45. The van der Waals surface area contributed by atoms with Crippen molar-refractivity contribution in [1.82, 2.24) is 10.3 Å². The molecule has 0 spiro atoms. The van der Waals surface area contributed by atoms with Crippen molar-refractivity contribution >= 4 is 23.6 Å². The molecule has 0 bridgehead atoms. The van der Waals surface area contributed by atoms with Crippen molar-refractivity contribution in [3.63, 3.8) is 0 Å². The molecule has 0 fully saturated rings. The molecule has 20 heavy (non-hydrogen) atoms. The minimum absolute atomic E-state index is 0.200. The minimum atomic E-state index is -0.464. The fourth-order valence-electron chi connectivity index (χ4n) is 1.58. The van der Waals surface area contributed by atoms with Crippen LogP contribution in [0.4, 0.5) is 4.39 Å². The number of carbonyl (C=O) groups is 1. The van der Waals surface area contributed by atoms with Crippen molar-refractivity contribution < 1.29 is 9.18 Å². The molecule has 1 aromatic heterocycles. The Labute approximate surface area is 121 Å². The van der Waals surface area contributed by atoms with Crippen LogP contribution in [0.25, 0.3) is 6.08 Å². The number of halogens is 2. The third-order valence-corrected chi connectivity index (χ3v) is 2.92. The van der Waals surface area contributed by atoms with E-state index in [4.69, 9.17) is 11.6 Å². The molecule has 2 aromatic rings. The van der Waals surface area contributed by atoms with E-state index in [1.54, 1.807) is 24.5 Å². The lowest BCUT2D eigenvalue weighted by molar-refractivity contribution is -0.116. The number of carbonyl (C=O) groups excluding carboxylic acids is 1. The molecule has 0 aliphatic rings. The summed E-state index contributed by atoms with van der Waals surface area (Å²) in [4.78, 5) is 15.6. The zero-order chi connectivity index (χ0) is 14.4. The minimum Gasteiger partial charge on any atom is -0.348 e. The highest BCUT2D eigenvalue weighted by Crippen LogP contribution is 2.20. The number of hydrogen-bond donors (Lipinski definition) is 1. The van der Waals surface area contributed by atoms with Crippen LogP contribution in [-0.4, -0.2) is 10.9 Å². The van der Waals surface area contributed by atoms with Crippen molar-refractivity contribution in [2.75, 3.05) is 0 Å². The molecule has 0 aliphatic carbocycles. The summed E-state index contributed by atoms with van der Waals surface area (Å²) in [5.74, 6) is -0.790. The monoisotopic (exact) mass is 290 g/mol. The third-order valence-electron chi connectivity index (χ3n) is 2.59. The fourth-order valence-corrected chi connectivity index (χ4v) is 1.81. The number of pyridine rings is 1. The van der Waals surface area contributed by atoms with Gasteiger partial charge in [0.25, 0.3) is 0 Å². The van der Waals surface area contributed by atoms with E-state index in [1.807, 2.05) is 6.07 Å². The number of benzene rings is 1. The highest BCUT2D eigenvalue weighted by molar-refractivity contribution is 6.32. The molecule has 0 saturated heterocycles. The Morgan fingerprint density at radius 3 is 2.90 bits per heavy atom. The summed E-state index contributed by atoms with van der Waals surface area (Å²) in [6, 6.07) is 8.01. The molecular weight excluding hydrogens is 279 g/mol. The van der Waals surface area contributed by atoms with Gasteiger partial charge in [-0.2, -0.15) is 0 Å². The zero-order valence-electron chi connectivity index (χ0n) is 10.5. The van der Waals surface area contributed by atoms with E-state index in [1.165, 1.54) is 24.3 Å². The molecule has 2 rings (SSSR count). The van der Waals surface area contributed by atoms with Gasteiger partial charge in [0.1, 0.15) is 5.82 Å². The number of amides is 1. The van der Waals surface area contributed by atoms with E-state index in [0.717, 1.165) is 5.56 Å². The van der Waals surface area contributed by atoms with E-state index in [0.29, 0.717) is 6.54 Å². The van der Waals surface area contributed by atoms with Crippen LogP contribution < -0.4 is 5.32 Å². The molecule has 1 heterocycles. The molecule has 0 atom stereocenters. The first-order valence-corrected chi connectivity index (χ1v) is 6.33. The maximum Gasteiger partial charge on any atom is 0.244 e. The van der Waals surface area contributed by atoms with Gasteiger partial charge in [0, 0.05) is 30.6 Å². The first kappa shape index (κ1) is 14.2. The quantitative estimate of drug-likeness (QED) is 0.879. The highest BCUT2D eigenvalue weighted by atomic mass is 35.5. The summed E-state index contributed by atoms with van der Waals surface area (Å²) in [6.07, 6.45) is 5.93. The normalized spacial score (nSPS) is 10.7. The lowest BCUT2D eigenvalue weighted by Crippen LogP contribution is -2.20. The molecule has 0 radical (unpaired) electrons. The van der Waals surface area contributed by atoms with Crippen LogP contribution in [0.5, 0.6) is 0 Å². The third kappa shape index (κ3) is 3.90. The highest BCUT2D eigenvalue weighted by Gasteiger charge is 2.03. The van der Waals surface area contributed by atoms with Crippen molar-refractivity contribution in [3.8, 4) is 0 Å². The van der Waals surface area contributed by atoms with Crippen LogP contribution in [0.2, 0.25) is 5.02 Å². The van der Waals surface area contributed by atoms with Gasteiger partial charge in [-0.3, -0.25) is 9.78 Å². The van der Waals surface area contributed by atoms with Crippen LogP contribution >= 0.6 is 11.6 Å². The van der Waals surface area contributed by atoms with Crippen LogP contribution in [0, 0.1) is 5.82 Å². The number of rotatable bonds is 4. The second-order valence-electron chi connectivity index (χ2n) is 4.05. The van der Waals surface area contributed by atoms with Crippen molar-refractivity contribution in [2.24, 2.45) is 0 Å². The van der Waals surface area contributed by atoms with Gasteiger partial charge >= 0.3 is 0 Å². The van der Waals surface area contributed by atoms with E-state index in [9.17, 15) is 9.18 Å². The van der Waals surface area contributed by atoms with Gasteiger partial charge in [-0.15, -0.1) is 0 Å². The predicted molar refractivity (Wildman–Crippen MR) is 76.5 cm³/mol. The maximum absolute atomic E-state index is 13.5. The summed E-state index contributed by atoms with van der Waals surface area (Å²) in [5, 5.41) is 2.94. The topological polar surface area (TPSA) is 42.0 Å². The van der Waals surface area contributed by atoms with Crippen LogP contribution in [0.1, 0.15) is 11.1 Å². The molecule has 5 heteroatoms. The lowest BCUT2D eigenvalue weighted by atomic mass is 10.2. The summed E-state index contributed by atoms with van der Waals surface area (Å²) >= 11 is 5.85. The predicted octanol–water partition coefficient (Wildman–Crippen LogP) is 3.20. The first-order valence-electron chi connectivity index (χ1n) is 5.95. The van der Waals surface area contributed by atoms with Gasteiger partial charge in [0.15, 0.2) is 0 Å². The summed E-state index contributed by atoms with van der Waals surface area (Å²) in [7, 11) is 0. The molecule has 1 aromatic carbocycles. The SMILES string of the molecule is O=C(/C=C/c1c(F)cccc1Cl)NCc1cccnc1. The van der Waals surface area contributed by atoms with Crippen molar-refractivity contribution in [3.05, 3.63) is 70.8 Å². The fraction of sp³-hybridized carbons (Fsp3) is 0.0667. The first-order chi connectivity index (χ1) is 9.66. The average Bonchev–Trinajstić information content (AvgIpc) is 2.46. The molecule has 1 N–H and O–H groups in total. The number of nitrogens with zero attached hydrogens (tertiary/aromatic N) is 1. The Hall–Kier alpha value is -2.20. The average molecular weight is 291 g/mol. The number of hydrogen-bond acceptors (Lipinski definition) is 2. The number of aromatic nitrogens is 1. The lowest BCUT2D eigenvalue weighted by Gasteiger charge is -2.02. The largest absolute Gasteiger partial charge is 0.348 e.